The van der Waals surface area contributed by atoms with E-state index >= 15 is 0 Å². The molecule has 0 unspecified atom stereocenters. The SMILES string of the molecule is C[C@H]1CCCN(CCCCNC(=O)c2cccc(I)c2)C1. The highest BCUT2D eigenvalue weighted by atomic mass is 127. The van der Waals surface area contributed by atoms with Crippen LogP contribution in [0.25, 0.3) is 0 Å². The summed E-state index contributed by atoms with van der Waals surface area (Å²) in [5.41, 5.74) is 0.756. The largest absolute Gasteiger partial charge is 0.352 e. The van der Waals surface area contributed by atoms with Crippen LogP contribution in [0.4, 0.5) is 0 Å². The van der Waals surface area contributed by atoms with Crippen molar-refractivity contribution in [2.75, 3.05) is 26.2 Å². The van der Waals surface area contributed by atoms with Gasteiger partial charge in [0.2, 0.25) is 0 Å². The zero-order chi connectivity index (χ0) is 15.1. The minimum atomic E-state index is 0.0418. The van der Waals surface area contributed by atoms with Gasteiger partial charge in [-0.3, -0.25) is 4.79 Å². The number of nitrogens with zero attached hydrogens (tertiary/aromatic N) is 1. The molecule has 1 atom stereocenters. The molecule has 0 aromatic heterocycles. The van der Waals surface area contributed by atoms with Crippen LogP contribution in [0.5, 0.6) is 0 Å². The Morgan fingerprint density at radius 3 is 3.05 bits per heavy atom. The Bertz CT molecular complexity index is 464. The molecule has 0 saturated carbocycles. The lowest BCUT2D eigenvalue weighted by molar-refractivity contribution is 0.0952. The monoisotopic (exact) mass is 400 g/mol. The van der Waals surface area contributed by atoms with Crippen LogP contribution in [-0.2, 0) is 0 Å². The van der Waals surface area contributed by atoms with Crippen molar-refractivity contribution >= 4 is 28.5 Å². The lowest BCUT2D eigenvalue weighted by Crippen LogP contribution is -2.35. The quantitative estimate of drug-likeness (QED) is 0.586. The molecule has 0 aliphatic carbocycles. The third-order valence-electron chi connectivity index (χ3n) is 4.01. The van der Waals surface area contributed by atoms with Gasteiger partial charge < -0.3 is 10.2 Å². The van der Waals surface area contributed by atoms with E-state index in [-0.39, 0.29) is 5.91 Å². The van der Waals surface area contributed by atoms with Crippen molar-refractivity contribution in [3.05, 3.63) is 33.4 Å². The fourth-order valence-corrected chi connectivity index (χ4v) is 3.43. The molecule has 1 aliphatic rings. The van der Waals surface area contributed by atoms with Gasteiger partial charge in [0.1, 0.15) is 0 Å². The van der Waals surface area contributed by atoms with Crippen molar-refractivity contribution in [1.82, 2.24) is 10.2 Å². The van der Waals surface area contributed by atoms with Gasteiger partial charge in [0, 0.05) is 22.2 Å². The van der Waals surface area contributed by atoms with Gasteiger partial charge in [0.05, 0.1) is 0 Å². The highest BCUT2D eigenvalue weighted by Crippen LogP contribution is 2.15. The molecular weight excluding hydrogens is 375 g/mol. The van der Waals surface area contributed by atoms with Crippen molar-refractivity contribution in [1.29, 1.82) is 0 Å². The van der Waals surface area contributed by atoms with Crippen molar-refractivity contribution in [3.8, 4) is 0 Å². The number of benzene rings is 1. The molecular formula is C17H25IN2O. The smallest absolute Gasteiger partial charge is 0.251 e. The number of amides is 1. The Balaban J connectivity index is 1.60. The first-order chi connectivity index (χ1) is 10.1. The summed E-state index contributed by atoms with van der Waals surface area (Å²) in [6, 6.07) is 7.71. The highest BCUT2D eigenvalue weighted by Gasteiger charge is 2.15. The maximum Gasteiger partial charge on any atom is 0.251 e. The number of carbonyl (C=O) groups is 1. The van der Waals surface area contributed by atoms with E-state index in [1.807, 2.05) is 24.3 Å². The molecule has 0 bridgehead atoms. The van der Waals surface area contributed by atoms with Gasteiger partial charge in [-0.2, -0.15) is 0 Å². The number of hydrogen-bond acceptors (Lipinski definition) is 2. The van der Waals surface area contributed by atoms with Crippen molar-refractivity contribution in [2.24, 2.45) is 5.92 Å². The fourth-order valence-electron chi connectivity index (χ4n) is 2.88. The molecule has 1 amide bonds. The highest BCUT2D eigenvalue weighted by molar-refractivity contribution is 14.1. The average Bonchev–Trinajstić information content (AvgIpc) is 2.47. The van der Waals surface area contributed by atoms with E-state index in [0.717, 1.165) is 28.0 Å². The number of piperidine rings is 1. The van der Waals surface area contributed by atoms with Crippen LogP contribution < -0.4 is 5.32 Å². The Labute approximate surface area is 141 Å². The number of rotatable bonds is 6. The Hall–Kier alpha value is -0.620. The number of likely N-dealkylation sites (tertiary alicyclic amines) is 1. The first kappa shape index (κ1) is 16.7. The molecule has 1 aromatic carbocycles. The second-order valence-corrected chi connectivity index (χ2v) is 7.27. The average molecular weight is 400 g/mol. The van der Waals surface area contributed by atoms with Gasteiger partial charge in [-0.25, -0.2) is 0 Å². The zero-order valence-electron chi connectivity index (χ0n) is 12.8. The minimum Gasteiger partial charge on any atom is -0.352 e. The van der Waals surface area contributed by atoms with Gasteiger partial charge in [-0.1, -0.05) is 13.0 Å². The second-order valence-electron chi connectivity index (χ2n) is 6.02. The predicted molar refractivity (Wildman–Crippen MR) is 95.6 cm³/mol. The number of unbranched alkanes of at least 4 members (excludes halogenated alkanes) is 1. The lowest BCUT2D eigenvalue weighted by atomic mass is 10.0. The Morgan fingerprint density at radius 1 is 1.43 bits per heavy atom. The molecule has 0 spiro atoms. The molecule has 1 fully saturated rings. The number of halogens is 1. The molecule has 3 nitrogen and oxygen atoms in total. The van der Waals surface area contributed by atoms with Gasteiger partial charge in [-0.15, -0.1) is 0 Å². The van der Waals surface area contributed by atoms with E-state index in [1.54, 1.807) is 0 Å². The summed E-state index contributed by atoms with van der Waals surface area (Å²) in [4.78, 5) is 14.5. The van der Waals surface area contributed by atoms with Crippen LogP contribution in [0.1, 0.15) is 43.0 Å². The summed E-state index contributed by atoms with van der Waals surface area (Å²) >= 11 is 2.23. The van der Waals surface area contributed by atoms with Crippen LogP contribution in [0.3, 0.4) is 0 Å². The van der Waals surface area contributed by atoms with Gasteiger partial charge in [0.15, 0.2) is 0 Å². The third kappa shape index (κ3) is 5.94. The van der Waals surface area contributed by atoms with E-state index in [0.29, 0.717) is 0 Å². The Kier molecular flexibility index (Phi) is 6.96. The van der Waals surface area contributed by atoms with E-state index in [9.17, 15) is 4.79 Å². The van der Waals surface area contributed by atoms with Crippen molar-refractivity contribution in [3.63, 3.8) is 0 Å². The summed E-state index contributed by atoms with van der Waals surface area (Å²) in [7, 11) is 0. The van der Waals surface area contributed by atoms with E-state index < -0.39 is 0 Å². The summed E-state index contributed by atoms with van der Waals surface area (Å²) in [6.45, 7) is 6.78. The fraction of sp³-hybridized carbons (Fsp3) is 0.588. The molecule has 116 valence electrons. The van der Waals surface area contributed by atoms with E-state index in [1.165, 1.54) is 38.9 Å². The molecule has 4 heteroatoms. The van der Waals surface area contributed by atoms with Gasteiger partial charge in [0.25, 0.3) is 5.91 Å². The summed E-state index contributed by atoms with van der Waals surface area (Å²) in [5, 5.41) is 3.01. The molecule has 0 radical (unpaired) electrons. The van der Waals surface area contributed by atoms with E-state index in [4.69, 9.17) is 0 Å². The van der Waals surface area contributed by atoms with Crippen molar-refractivity contribution < 1.29 is 4.79 Å². The number of carbonyl (C=O) groups excluding carboxylic acids is 1. The first-order valence-electron chi connectivity index (χ1n) is 7.91. The minimum absolute atomic E-state index is 0.0418. The van der Waals surface area contributed by atoms with Gasteiger partial charge in [-0.05, 0) is 85.5 Å². The normalized spacial score (nSPS) is 19.4. The number of hydrogen-bond donors (Lipinski definition) is 1. The summed E-state index contributed by atoms with van der Waals surface area (Å²) < 4.78 is 1.10. The molecule has 1 N–H and O–H groups in total. The standard InChI is InChI=1S/C17H25IN2O/c1-14-6-5-11-20(13-14)10-3-2-9-19-17(21)15-7-4-8-16(18)12-15/h4,7-8,12,14H,2-3,5-6,9-11,13H2,1H3,(H,19,21)/t14-/m0/s1. The topological polar surface area (TPSA) is 32.3 Å². The molecule has 1 aliphatic heterocycles. The van der Waals surface area contributed by atoms with E-state index in [2.05, 4.69) is 39.7 Å². The van der Waals surface area contributed by atoms with Gasteiger partial charge >= 0.3 is 0 Å². The van der Waals surface area contributed by atoms with Crippen LogP contribution in [0.15, 0.2) is 24.3 Å². The third-order valence-corrected chi connectivity index (χ3v) is 4.69. The maximum absolute atomic E-state index is 12.0. The van der Waals surface area contributed by atoms with Crippen LogP contribution in [0.2, 0.25) is 0 Å². The Morgan fingerprint density at radius 2 is 2.29 bits per heavy atom. The summed E-state index contributed by atoms with van der Waals surface area (Å²) in [5.74, 6) is 0.888. The second kappa shape index (κ2) is 8.73. The zero-order valence-corrected chi connectivity index (χ0v) is 14.9. The van der Waals surface area contributed by atoms with Crippen LogP contribution in [0, 0.1) is 9.49 Å². The van der Waals surface area contributed by atoms with Crippen LogP contribution >= 0.6 is 22.6 Å². The summed E-state index contributed by atoms with van der Waals surface area (Å²) in [6.07, 6.45) is 4.94. The molecule has 21 heavy (non-hydrogen) atoms. The lowest BCUT2D eigenvalue weighted by Gasteiger charge is -2.30. The molecule has 2 rings (SSSR count). The molecule has 1 heterocycles. The van der Waals surface area contributed by atoms with Crippen LogP contribution in [-0.4, -0.2) is 37.0 Å². The van der Waals surface area contributed by atoms with Crippen molar-refractivity contribution in [2.45, 2.75) is 32.6 Å². The molecule has 1 saturated heterocycles. The maximum atomic E-state index is 12.0. The predicted octanol–water partition coefficient (Wildman–Crippen LogP) is 3.53. The number of nitrogens with one attached hydrogen (secondary N) is 1. The molecule has 1 aromatic rings. The first-order valence-corrected chi connectivity index (χ1v) is 8.99.